The number of allylic oxidation sites excluding steroid dienone is 2. The van der Waals surface area contributed by atoms with Gasteiger partial charge >= 0.3 is 0 Å². The average molecular weight is 369 g/mol. The zero-order valence-electron chi connectivity index (χ0n) is 18.8. The van der Waals surface area contributed by atoms with Gasteiger partial charge in [-0.1, -0.05) is 47.6 Å². The largest absolute Gasteiger partial charge is 0.480 e. The number of rotatable bonds is 5. The van der Waals surface area contributed by atoms with Crippen LogP contribution in [0.1, 0.15) is 76.9 Å². The molecule has 0 aromatic carbocycles. The first kappa shape index (κ1) is 22.9. The van der Waals surface area contributed by atoms with Crippen molar-refractivity contribution in [2.75, 3.05) is 7.11 Å². The molecule has 0 atom stereocenters. The molecular formula is C24H36N2O. The Morgan fingerprint density at radius 2 is 1.67 bits per heavy atom. The standard InChI is InChI=1S/C22H30N2O.C2H6/c1-9-17(13(2)3)19-12-15(6)21(23-16(19)7)18-10-11-20(14(4)5)24-22(18)25-8;1-2/h9-14H,1-8H3;1-2H3/b17-9-;. The summed E-state index contributed by atoms with van der Waals surface area (Å²) in [6, 6.07) is 6.38. The molecule has 3 heteroatoms. The van der Waals surface area contributed by atoms with E-state index in [9.17, 15) is 0 Å². The predicted octanol–water partition coefficient (Wildman–Crippen LogP) is 6.98. The SMILES string of the molecule is C/C=C(\c1cc(C)c(-c2ccc(C(C)C)nc2OC)nc1C)C(C)C.CC. The molecule has 0 aliphatic carbocycles. The third-order valence-electron chi connectivity index (χ3n) is 4.57. The second-order valence-corrected chi connectivity index (χ2v) is 7.13. The first-order valence-corrected chi connectivity index (χ1v) is 10.00. The van der Waals surface area contributed by atoms with E-state index in [4.69, 9.17) is 9.72 Å². The van der Waals surface area contributed by atoms with Gasteiger partial charge in [0, 0.05) is 11.4 Å². The highest BCUT2D eigenvalue weighted by molar-refractivity contribution is 5.74. The van der Waals surface area contributed by atoms with Crippen molar-refractivity contribution >= 4 is 5.57 Å². The summed E-state index contributed by atoms with van der Waals surface area (Å²) in [5, 5.41) is 0. The van der Waals surface area contributed by atoms with Gasteiger partial charge < -0.3 is 4.74 Å². The maximum Gasteiger partial charge on any atom is 0.222 e. The second kappa shape index (κ2) is 10.2. The monoisotopic (exact) mass is 368 g/mol. The lowest BCUT2D eigenvalue weighted by Gasteiger charge is -2.18. The minimum absolute atomic E-state index is 0.365. The van der Waals surface area contributed by atoms with Crippen molar-refractivity contribution in [3.63, 3.8) is 0 Å². The summed E-state index contributed by atoms with van der Waals surface area (Å²) in [7, 11) is 1.67. The number of aryl methyl sites for hydroxylation is 2. The van der Waals surface area contributed by atoms with Gasteiger partial charge in [-0.2, -0.15) is 0 Å². The van der Waals surface area contributed by atoms with E-state index in [-0.39, 0.29) is 0 Å². The fraction of sp³-hybridized carbons (Fsp3) is 0.500. The van der Waals surface area contributed by atoms with E-state index in [1.807, 2.05) is 13.8 Å². The van der Waals surface area contributed by atoms with Crippen LogP contribution in [0.4, 0.5) is 0 Å². The summed E-state index contributed by atoms with van der Waals surface area (Å²) in [4.78, 5) is 9.58. The van der Waals surface area contributed by atoms with Crippen LogP contribution in [0.5, 0.6) is 5.88 Å². The Morgan fingerprint density at radius 3 is 2.15 bits per heavy atom. The molecule has 0 amide bonds. The molecule has 0 bridgehead atoms. The maximum atomic E-state index is 5.56. The molecule has 2 aromatic heterocycles. The molecule has 27 heavy (non-hydrogen) atoms. The van der Waals surface area contributed by atoms with Crippen LogP contribution in [0.15, 0.2) is 24.3 Å². The highest BCUT2D eigenvalue weighted by Gasteiger charge is 2.17. The first-order chi connectivity index (χ1) is 12.8. The van der Waals surface area contributed by atoms with Gasteiger partial charge in [0.15, 0.2) is 0 Å². The summed E-state index contributed by atoms with van der Waals surface area (Å²) < 4.78 is 5.56. The zero-order chi connectivity index (χ0) is 20.7. The van der Waals surface area contributed by atoms with Crippen molar-refractivity contribution < 1.29 is 4.74 Å². The predicted molar refractivity (Wildman–Crippen MR) is 117 cm³/mol. The van der Waals surface area contributed by atoms with E-state index in [0.717, 1.165) is 28.2 Å². The summed E-state index contributed by atoms with van der Waals surface area (Å²) in [5.41, 5.74) is 7.66. The number of ether oxygens (including phenoxy) is 1. The zero-order valence-corrected chi connectivity index (χ0v) is 18.8. The van der Waals surface area contributed by atoms with Crippen LogP contribution < -0.4 is 4.74 Å². The lowest BCUT2D eigenvalue weighted by atomic mass is 9.92. The first-order valence-electron chi connectivity index (χ1n) is 10.00. The molecule has 3 nitrogen and oxygen atoms in total. The van der Waals surface area contributed by atoms with Crippen LogP contribution in [0, 0.1) is 19.8 Å². The molecule has 0 saturated heterocycles. The van der Waals surface area contributed by atoms with Gasteiger partial charge in [-0.15, -0.1) is 0 Å². The van der Waals surface area contributed by atoms with Crippen LogP contribution in [0.25, 0.3) is 16.8 Å². The number of aromatic nitrogens is 2. The molecule has 0 unspecified atom stereocenters. The molecule has 2 heterocycles. The fourth-order valence-electron chi connectivity index (χ4n) is 3.18. The number of hydrogen-bond acceptors (Lipinski definition) is 3. The van der Waals surface area contributed by atoms with E-state index in [2.05, 4.69) is 77.7 Å². The van der Waals surface area contributed by atoms with Crippen LogP contribution in [0.2, 0.25) is 0 Å². The smallest absolute Gasteiger partial charge is 0.222 e. The van der Waals surface area contributed by atoms with Crippen LogP contribution in [-0.4, -0.2) is 17.1 Å². The van der Waals surface area contributed by atoms with Crippen LogP contribution in [0.3, 0.4) is 0 Å². The lowest BCUT2D eigenvalue weighted by molar-refractivity contribution is 0.397. The number of methoxy groups -OCH3 is 1. The van der Waals surface area contributed by atoms with Crippen molar-refractivity contribution in [1.29, 1.82) is 0 Å². The molecule has 0 radical (unpaired) electrons. The van der Waals surface area contributed by atoms with Gasteiger partial charge in [0.05, 0.1) is 18.4 Å². The van der Waals surface area contributed by atoms with Gasteiger partial charge in [-0.05, 0) is 67.5 Å². The van der Waals surface area contributed by atoms with E-state index in [1.54, 1.807) is 7.11 Å². The number of hydrogen-bond donors (Lipinski definition) is 0. The third kappa shape index (κ3) is 5.18. The van der Waals surface area contributed by atoms with Crippen LogP contribution >= 0.6 is 0 Å². The highest BCUT2D eigenvalue weighted by Crippen LogP contribution is 2.34. The Morgan fingerprint density at radius 1 is 1.04 bits per heavy atom. The van der Waals surface area contributed by atoms with Gasteiger partial charge in [0.25, 0.3) is 0 Å². The molecule has 0 N–H and O–H groups in total. The molecular weight excluding hydrogens is 332 g/mol. The Balaban J connectivity index is 0.00000176. The molecule has 2 rings (SSSR count). The highest BCUT2D eigenvalue weighted by atomic mass is 16.5. The Labute approximate surface area is 165 Å². The molecule has 2 aromatic rings. The lowest BCUT2D eigenvalue weighted by Crippen LogP contribution is -2.03. The van der Waals surface area contributed by atoms with Gasteiger partial charge in [0.2, 0.25) is 5.88 Å². The Kier molecular flexibility index (Phi) is 8.68. The summed E-state index contributed by atoms with van der Waals surface area (Å²) in [5.74, 6) is 1.48. The Bertz CT molecular complexity index is 789. The summed E-state index contributed by atoms with van der Waals surface area (Å²) in [6.45, 7) is 19.0. The normalized spacial score (nSPS) is 11.5. The topological polar surface area (TPSA) is 35.0 Å². The number of nitrogens with zero attached hydrogens (tertiary/aromatic N) is 2. The summed E-state index contributed by atoms with van der Waals surface area (Å²) >= 11 is 0. The minimum atomic E-state index is 0.365. The quantitative estimate of drug-likeness (QED) is 0.571. The van der Waals surface area contributed by atoms with Crippen molar-refractivity contribution in [1.82, 2.24) is 9.97 Å². The average Bonchev–Trinajstić information content (AvgIpc) is 2.65. The molecule has 148 valence electrons. The fourth-order valence-corrected chi connectivity index (χ4v) is 3.18. The second-order valence-electron chi connectivity index (χ2n) is 7.13. The molecule has 0 fully saturated rings. The van der Waals surface area contributed by atoms with Crippen molar-refractivity contribution in [2.24, 2.45) is 5.92 Å². The summed E-state index contributed by atoms with van der Waals surface area (Å²) in [6.07, 6.45) is 2.19. The van der Waals surface area contributed by atoms with E-state index < -0.39 is 0 Å². The molecule has 0 spiro atoms. The van der Waals surface area contributed by atoms with Crippen LogP contribution in [-0.2, 0) is 0 Å². The minimum Gasteiger partial charge on any atom is -0.480 e. The van der Waals surface area contributed by atoms with Crippen molar-refractivity contribution in [3.05, 3.63) is 46.8 Å². The Hall–Kier alpha value is -2.16. The van der Waals surface area contributed by atoms with Crippen molar-refractivity contribution in [3.8, 4) is 17.1 Å². The number of pyridine rings is 2. The maximum absolute atomic E-state index is 5.56. The van der Waals surface area contributed by atoms with Gasteiger partial charge in [-0.25, -0.2) is 4.98 Å². The van der Waals surface area contributed by atoms with Gasteiger partial charge in [-0.3, -0.25) is 4.98 Å². The van der Waals surface area contributed by atoms with Gasteiger partial charge in [0.1, 0.15) is 0 Å². The van der Waals surface area contributed by atoms with E-state index in [1.165, 1.54) is 11.1 Å². The van der Waals surface area contributed by atoms with Crippen molar-refractivity contribution in [2.45, 2.75) is 68.2 Å². The van der Waals surface area contributed by atoms with E-state index >= 15 is 0 Å². The molecule has 0 aliphatic rings. The molecule has 0 saturated carbocycles. The molecule has 0 aliphatic heterocycles. The third-order valence-corrected chi connectivity index (χ3v) is 4.57. The van der Waals surface area contributed by atoms with E-state index in [0.29, 0.717) is 17.7 Å².